The minimum Gasteiger partial charge on any atom is -0.352 e. The topological polar surface area (TPSA) is 32.3 Å². The van der Waals surface area contributed by atoms with Crippen molar-refractivity contribution in [3.63, 3.8) is 0 Å². The summed E-state index contributed by atoms with van der Waals surface area (Å²) >= 11 is 0. The van der Waals surface area contributed by atoms with E-state index in [9.17, 15) is 18.0 Å². The highest BCUT2D eigenvalue weighted by atomic mass is 19.4. The number of carbonyl (C=O) groups excluding carboxylic acids is 1. The number of benzene rings is 2. The van der Waals surface area contributed by atoms with E-state index < -0.39 is 11.7 Å². The average Bonchev–Trinajstić information content (AvgIpc) is 3.29. The molecule has 0 aromatic heterocycles. The Morgan fingerprint density at radius 1 is 1.06 bits per heavy atom. The largest absolute Gasteiger partial charge is 0.416 e. The summed E-state index contributed by atoms with van der Waals surface area (Å²) in [6, 6.07) is 15.6. The SMILES string of the molecule is CC(C)C(C(=O)NC1CCC2CN(Cc3cccc(C(F)(F)F)c3)CC21)c1ccccc1. The first-order valence-electron chi connectivity index (χ1n) is 11.5. The lowest BCUT2D eigenvalue weighted by Gasteiger charge is -2.26. The van der Waals surface area contributed by atoms with E-state index in [-0.39, 0.29) is 23.8 Å². The monoisotopic (exact) mass is 444 g/mol. The van der Waals surface area contributed by atoms with Crippen LogP contribution in [0.15, 0.2) is 54.6 Å². The Labute approximate surface area is 188 Å². The van der Waals surface area contributed by atoms with Crippen molar-refractivity contribution in [2.24, 2.45) is 17.8 Å². The van der Waals surface area contributed by atoms with Gasteiger partial charge in [0.25, 0.3) is 0 Å². The van der Waals surface area contributed by atoms with E-state index in [0.29, 0.717) is 23.9 Å². The maximum atomic E-state index is 13.2. The Morgan fingerprint density at radius 2 is 1.81 bits per heavy atom. The number of rotatable bonds is 6. The molecule has 1 aliphatic carbocycles. The summed E-state index contributed by atoms with van der Waals surface area (Å²) in [6.45, 7) is 6.33. The zero-order valence-electron chi connectivity index (χ0n) is 18.6. The molecule has 3 nitrogen and oxygen atoms in total. The number of nitrogens with zero attached hydrogens (tertiary/aromatic N) is 1. The second kappa shape index (κ2) is 9.26. The third-order valence-corrected chi connectivity index (χ3v) is 7.03. The summed E-state index contributed by atoms with van der Waals surface area (Å²) in [4.78, 5) is 15.4. The van der Waals surface area contributed by atoms with Crippen molar-refractivity contribution in [2.75, 3.05) is 13.1 Å². The molecule has 4 rings (SSSR count). The molecule has 0 spiro atoms. The molecular formula is C26H31F3N2O. The molecule has 2 aromatic carbocycles. The normalized spacial score (nSPS) is 24.5. The molecule has 2 aromatic rings. The Kier molecular flexibility index (Phi) is 6.61. The van der Waals surface area contributed by atoms with Gasteiger partial charge in [-0.15, -0.1) is 0 Å². The van der Waals surface area contributed by atoms with Crippen LogP contribution >= 0.6 is 0 Å². The predicted molar refractivity (Wildman–Crippen MR) is 119 cm³/mol. The van der Waals surface area contributed by atoms with Gasteiger partial charge in [0.05, 0.1) is 11.5 Å². The van der Waals surface area contributed by atoms with Gasteiger partial charge in [-0.1, -0.05) is 62.4 Å². The Balaban J connectivity index is 1.39. The molecule has 1 saturated carbocycles. The van der Waals surface area contributed by atoms with Gasteiger partial charge in [0.1, 0.15) is 0 Å². The highest BCUT2D eigenvalue weighted by Crippen LogP contribution is 2.39. The zero-order chi connectivity index (χ0) is 22.9. The van der Waals surface area contributed by atoms with Crippen molar-refractivity contribution < 1.29 is 18.0 Å². The number of likely N-dealkylation sites (tertiary alicyclic amines) is 1. The number of hydrogen-bond acceptors (Lipinski definition) is 2. The molecule has 1 aliphatic heterocycles. The van der Waals surface area contributed by atoms with E-state index in [1.54, 1.807) is 6.07 Å². The average molecular weight is 445 g/mol. The van der Waals surface area contributed by atoms with Crippen LogP contribution in [0.1, 0.15) is 49.3 Å². The Morgan fingerprint density at radius 3 is 2.50 bits per heavy atom. The van der Waals surface area contributed by atoms with Crippen LogP contribution in [0.3, 0.4) is 0 Å². The van der Waals surface area contributed by atoms with E-state index in [2.05, 4.69) is 24.1 Å². The number of carbonyl (C=O) groups is 1. The molecule has 32 heavy (non-hydrogen) atoms. The van der Waals surface area contributed by atoms with Gasteiger partial charge in [0.2, 0.25) is 5.91 Å². The third-order valence-electron chi connectivity index (χ3n) is 7.03. The van der Waals surface area contributed by atoms with Gasteiger partial charge in [-0.2, -0.15) is 13.2 Å². The van der Waals surface area contributed by atoms with Gasteiger partial charge < -0.3 is 5.32 Å². The predicted octanol–water partition coefficient (Wildman–Crippen LogP) is 5.47. The van der Waals surface area contributed by atoms with Crippen molar-refractivity contribution in [3.8, 4) is 0 Å². The molecule has 172 valence electrons. The molecule has 6 heteroatoms. The Hall–Kier alpha value is -2.34. The summed E-state index contributed by atoms with van der Waals surface area (Å²) in [5, 5.41) is 3.33. The molecule has 4 atom stereocenters. The maximum absolute atomic E-state index is 13.2. The van der Waals surface area contributed by atoms with Crippen LogP contribution in [0, 0.1) is 17.8 Å². The van der Waals surface area contributed by atoms with Crippen LogP contribution in [-0.2, 0) is 17.5 Å². The van der Waals surface area contributed by atoms with Crippen molar-refractivity contribution >= 4 is 5.91 Å². The van der Waals surface area contributed by atoms with Crippen molar-refractivity contribution in [1.82, 2.24) is 10.2 Å². The highest BCUT2D eigenvalue weighted by molar-refractivity contribution is 5.84. The molecule has 1 saturated heterocycles. The van der Waals surface area contributed by atoms with Gasteiger partial charge in [0.15, 0.2) is 0 Å². The number of nitrogens with one attached hydrogen (secondary N) is 1. The van der Waals surface area contributed by atoms with E-state index in [1.165, 1.54) is 12.1 Å². The molecule has 1 N–H and O–H groups in total. The standard InChI is InChI=1S/C26H31F3N2O/c1-17(2)24(19-8-4-3-5-9-19)25(32)30-23-12-11-20-15-31(16-22(20)23)14-18-7-6-10-21(13-18)26(27,28)29/h3-10,13,17,20,22-24H,11-12,14-16H2,1-2H3,(H,30,32). The number of hydrogen-bond donors (Lipinski definition) is 1. The molecule has 0 bridgehead atoms. The number of fused-ring (bicyclic) bond motifs is 1. The van der Waals surface area contributed by atoms with Gasteiger partial charge >= 0.3 is 6.18 Å². The lowest BCUT2D eigenvalue weighted by atomic mass is 9.87. The van der Waals surface area contributed by atoms with Gasteiger partial charge in [-0.25, -0.2) is 0 Å². The highest BCUT2D eigenvalue weighted by Gasteiger charge is 2.43. The van der Waals surface area contributed by atoms with Crippen molar-refractivity contribution in [3.05, 3.63) is 71.3 Å². The van der Waals surface area contributed by atoms with Crippen molar-refractivity contribution in [2.45, 2.75) is 51.4 Å². The fourth-order valence-electron chi connectivity index (χ4n) is 5.54. The second-order valence-corrected chi connectivity index (χ2v) is 9.64. The minimum atomic E-state index is -4.32. The molecule has 2 aliphatic rings. The molecule has 0 radical (unpaired) electrons. The lowest BCUT2D eigenvalue weighted by Crippen LogP contribution is -2.43. The summed E-state index contributed by atoms with van der Waals surface area (Å²) in [5.41, 5.74) is 1.12. The minimum absolute atomic E-state index is 0.0770. The molecule has 2 fully saturated rings. The van der Waals surface area contributed by atoms with E-state index >= 15 is 0 Å². The number of halogens is 3. The zero-order valence-corrected chi connectivity index (χ0v) is 18.6. The molecular weight excluding hydrogens is 413 g/mol. The van der Waals surface area contributed by atoms with Crippen LogP contribution in [0.5, 0.6) is 0 Å². The quantitative estimate of drug-likeness (QED) is 0.641. The fraction of sp³-hybridized carbons (Fsp3) is 0.500. The van der Waals surface area contributed by atoms with Gasteiger partial charge in [-0.3, -0.25) is 9.69 Å². The van der Waals surface area contributed by atoms with Crippen LogP contribution in [0.4, 0.5) is 13.2 Å². The summed E-state index contributed by atoms with van der Waals surface area (Å²) < 4.78 is 39.1. The van der Waals surface area contributed by atoms with Gasteiger partial charge in [0, 0.05) is 25.7 Å². The first-order chi connectivity index (χ1) is 15.2. The summed E-state index contributed by atoms with van der Waals surface area (Å²) in [5.74, 6) is 0.926. The molecule has 1 amide bonds. The molecule has 1 heterocycles. The molecule has 4 unspecified atom stereocenters. The van der Waals surface area contributed by atoms with E-state index in [0.717, 1.165) is 37.6 Å². The first kappa shape index (κ1) is 22.8. The lowest BCUT2D eigenvalue weighted by molar-refractivity contribution is -0.137. The van der Waals surface area contributed by atoms with Crippen LogP contribution in [0.25, 0.3) is 0 Å². The van der Waals surface area contributed by atoms with Crippen molar-refractivity contribution in [1.29, 1.82) is 0 Å². The third kappa shape index (κ3) is 5.01. The van der Waals surface area contributed by atoms with Crippen LogP contribution in [0.2, 0.25) is 0 Å². The van der Waals surface area contributed by atoms with E-state index in [1.807, 2.05) is 30.3 Å². The second-order valence-electron chi connectivity index (χ2n) is 9.64. The fourth-order valence-corrected chi connectivity index (χ4v) is 5.54. The van der Waals surface area contributed by atoms with Gasteiger partial charge in [-0.05, 0) is 47.8 Å². The maximum Gasteiger partial charge on any atom is 0.416 e. The smallest absolute Gasteiger partial charge is 0.352 e. The van der Waals surface area contributed by atoms with Crippen LogP contribution < -0.4 is 5.32 Å². The first-order valence-corrected chi connectivity index (χ1v) is 11.5. The van der Waals surface area contributed by atoms with Crippen LogP contribution in [-0.4, -0.2) is 29.9 Å². The number of amides is 1. The summed E-state index contributed by atoms with van der Waals surface area (Å²) in [6.07, 6.45) is -2.30. The Bertz CT molecular complexity index is 928. The van der Waals surface area contributed by atoms with E-state index in [4.69, 9.17) is 0 Å². The number of alkyl halides is 3. The summed E-state index contributed by atoms with van der Waals surface area (Å²) in [7, 11) is 0.